The van der Waals surface area contributed by atoms with Crippen molar-refractivity contribution in [2.24, 2.45) is 7.05 Å². The lowest BCUT2D eigenvalue weighted by Gasteiger charge is -2.10. The number of aryl methyl sites for hydroxylation is 1. The lowest BCUT2D eigenvalue weighted by atomic mass is 10.2. The van der Waals surface area contributed by atoms with Gasteiger partial charge in [-0.3, -0.25) is 0 Å². The third-order valence-electron chi connectivity index (χ3n) is 2.13. The van der Waals surface area contributed by atoms with Crippen LogP contribution < -0.4 is 5.32 Å². The number of hydrogen-bond acceptors (Lipinski definition) is 2. The summed E-state index contributed by atoms with van der Waals surface area (Å²) >= 11 is 0. The van der Waals surface area contributed by atoms with E-state index >= 15 is 0 Å². The molecule has 1 atom stereocenters. The molecule has 0 aliphatic rings. The van der Waals surface area contributed by atoms with Crippen LogP contribution in [0, 0.1) is 6.92 Å². The van der Waals surface area contributed by atoms with Crippen LogP contribution in [0.3, 0.4) is 0 Å². The summed E-state index contributed by atoms with van der Waals surface area (Å²) in [5.41, 5.74) is 1.23. The van der Waals surface area contributed by atoms with Gasteiger partial charge in [-0.15, -0.1) is 0 Å². The van der Waals surface area contributed by atoms with Gasteiger partial charge in [0.25, 0.3) is 0 Å². The molecule has 0 saturated heterocycles. The second kappa shape index (κ2) is 3.05. The maximum absolute atomic E-state index is 4.21. The molecular formula is C8H15N3. The van der Waals surface area contributed by atoms with Gasteiger partial charge in [0.2, 0.25) is 0 Å². The standard InChI is InChI=1S/C8H15N3/c1-6(9-3)8-5-10-7(2)11(8)4/h5-6,9H,1-4H3. The highest BCUT2D eigenvalue weighted by Gasteiger charge is 2.07. The molecule has 0 amide bonds. The fourth-order valence-corrected chi connectivity index (χ4v) is 1.07. The van der Waals surface area contributed by atoms with Gasteiger partial charge in [-0.05, 0) is 20.9 Å². The van der Waals surface area contributed by atoms with Crippen molar-refractivity contribution >= 4 is 0 Å². The van der Waals surface area contributed by atoms with Crippen molar-refractivity contribution in [1.82, 2.24) is 14.9 Å². The Morgan fingerprint density at radius 2 is 2.27 bits per heavy atom. The predicted molar refractivity (Wildman–Crippen MR) is 45.4 cm³/mol. The molecule has 0 aliphatic heterocycles. The minimum Gasteiger partial charge on any atom is -0.334 e. The molecule has 0 spiro atoms. The van der Waals surface area contributed by atoms with E-state index in [2.05, 4.69) is 21.8 Å². The van der Waals surface area contributed by atoms with Crippen LogP contribution in [-0.4, -0.2) is 16.6 Å². The fourth-order valence-electron chi connectivity index (χ4n) is 1.07. The number of aromatic nitrogens is 2. The Balaban J connectivity index is 2.94. The Bertz CT molecular complexity index is 239. The Morgan fingerprint density at radius 1 is 1.64 bits per heavy atom. The summed E-state index contributed by atoms with van der Waals surface area (Å²) in [4.78, 5) is 4.21. The van der Waals surface area contributed by atoms with Crippen LogP contribution in [0.15, 0.2) is 6.20 Å². The van der Waals surface area contributed by atoms with Crippen molar-refractivity contribution in [2.45, 2.75) is 19.9 Å². The summed E-state index contributed by atoms with van der Waals surface area (Å²) < 4.78 is 2.10. The summed E-state index contributed by atoms with van der Waals surface area (Å²) in [5.74, 6) is 1.06. The molecule has 11 heavy (non-hydrogen) atoms. The number of nitrogens with one attached hydrogen (secondary N) is 1. The minimum absolute atomic E-state index is 0.376. The Hall–Kier alpha value is -0.830. The molecule has 1 aromatic rings. The zero-order valence-electron chi connectivity index (χ0n) is 7.55. The molecule has 62 valence electrons. The van der Waals surface area contributed by atoms with E-state index in [1.807, 2.05) is 27.2 Å². The summed E-state index contributed by atoms with van der Waals surface area (Å²) in [6.45, 7) is 4.13. The average molecular weight is 153 g/mol. The molecule has 1 unspecified atom stereocenters. The number of imidazole rings is 1. The fraction of sp³-hybridized carbons (Fsp3) is 0.625. The highest BCUT2D eigenvalue weighted by atomic mass is 15.1. The highest BCUT2D eigenvalue weighted by molar-refractivity contribution is 5.07. The van der Waals surface area contributed by atoms with Gasteiger partial charge in [-0.25, -0.2) is 4.98 Å². The van der Waals surface area contributed by atoms with Gasteiger partial charge in [-0.2, -0.15) is 0 Å². The lowest BCUT2D eigenvalue weighted by molar-refractivity contribution is 0.600. The molecule has 3 nitrogen and oxygen atoms in total. The monoisotopic (exact) mass is 153 g/mol. The number of rotatable bonds is 2. The van der Waals surface area contributed by atoms with Gasteiger partial charge in [0.1, 0.15) is 5.82 Å². The highest BCUT2D eigenvalue weighted by Crippen LogP contribution is 2.11. The molecule has 1 aromatic heterocycles. The van der Waals surface area contributed by atoms with E-state index in [0.29, 0.717) is 6.04 Å². The quantitative estimate of drug-likeness (QED) is 0.687. The average Bonchev–Trinajstić information content (AvgIpc) is 2.32. The van der Waals surface area contributed by atoms with Gasteiger partial charge in [-0.1, -0.05) is 0 Å². The molecular weight excluding hydrogens is 138 g/mol. The topological polar surface area (TPSA) is 29.9 Å². The first-order valence-corrected chi connectivity index (χ1v) is 3.82. The van der Waals surface area contributed by atoms with Crippen molar-refractivity contribution in [1.29, 1.82) is 0 Å². The van der Waals surface area contributed by atoms with Gasteiger partial charge in [0.05, 0.1) is 11.9 Å². The van der Waals surface area contributed by atoms with Gasteiger partial charge < -0.3 is 9.88 Å². The van der Waals surface area contributed by atoms with E-state index in [-0.39, 0.29) is 0 Å². The first-order chi connectivity index (χ1) is 5.16. The van der Waals surface area contributed by atoms with Gasteiger partial charge in [0, 0.05) is 13.1 Å². The molecule has 3 heteroatoms. The van der Waals surface area contributed by atoms with Crippen molar-refractivity contribution < 1.29 is 0 Å². The van der Waals surface area contributed by atoms with Crippen molar-refractivity contribution in [3.05, 3.63) is 17.7 Å². The molecule has 0 aliphatic carbocycles. The van der Waals surface area contributed by atoms with Crippen molar-refractivity contribution in [2.75, 3.05) is 7.05 Å². The first-order valence-electron chi connectivity index (χ1n) is 3.82. The van der Waals surface area contributed by atoms with Crippen LogP contribution in [0.2, 0.25) is 0 Å². The molecule has 0 bridgehead atoms. The first kappa shape index (κ1) is 8.27. The Kier molecular flexibility index (Phi) is 2.29. The summed E-state index contributed by atoms with van der Waals surface area (Å²) in [6, 6.07) is 0.376. The van der Waals surface area contributed by atoms with E-state index < -0.39 is 0 Å². The zero-order chi connectivity index (χ0) is 8.43. The van der Waals surface area contributed by atoms with Crippen LogP contribution in [0.1, 0.15) is 24.5 Å². The second-order valence-electron chi connectivity index (χ2n) is 2.80. The molecule has 1 N–H and O–H groups in total. The number of nitrogens with zero attached hydrogens (tertiary/aromatic N) is 2. The normalized spacial score (nSPS) is 13.5. The SMILES string of the molecule is CNC(C)c1cnc(C)n1C. The molecule has 0 radical (unpaired) electrons. The van der Waals surface area contributed by atoms with Crippen LogP contribution >= 0.6 is 0 Å². The summed E-state index contributed by atoms with van der Waals surface area (Å²) in [5, 5.41) is 3.17. The van der Waals surface area contributed by atoms with Crippen LogP contribution in [0.25, 0.3) is 0 Å². The van der Waals surface area contributed by atoms with Crippen molar-refractivity contribution in [3.8, 4) is 0 Å². The third kappa shape index (κ3) is 1.43. The van der Waals surface area contributed by atoms with Crippen molar-refractivity contribution in [3.63, 3.8) is 0 Å². The zero-order valence-corrected chi connectivity index (χ0v) is 7.55. The van der Waals surface area contributed by atoms with Crippen LogP contribution in [-0.2, 0) is 7.05 Å². The maximum atomic E-state index is 4.21. The van der Waals surface area contributed by atoms with Crippen LogP contribution in [0.5, 0.6) is 0 Å². The van der Waals surface area contributed by atoms with E-state index in [4.69, 9.17) is 0 Å². The third-order valence-corrected chi connectivity index (χ3v) is 2.13. The van der Waals surface area contributed by atoms with Gasteiger partial charge >= 0.3 is 0 Å². The Labute approximate surface area is 67.4 Å². The summed E-state index contributed by atoms with van der Waals surface area (Å²) in [6.07, 6.45) is 1.91. The van der Waals surface area contributed by atoms with E-state index in [9.17, 15) is 0 Å². The van der Waals surface area contributed by atoms with E-state index in [0.717, 1.165) is 5.82 Å². The molecule has 1 heterocycles. The lowest BCUT2D eigenvalue weighted by Crippen LogP contribution is -2.15. The molecule has 1 rings (SSSR count). The van der Waals surface area contributed by atoms with Gasteiger partial charge in [0.15, 0.2) is 0 Å². The predicted octanol–water partition coefficient (Wildman–Crippen LogP) is 1.01. The molecule has 0 saturated carbocycles. The van der Waals surface area contributed by atoms with E-state index in [1.165, 1.54) is 5.69 Å². The molecule has 0 aromatic carbocycles. The molecule has 0 fully saturated rings. The van der Waals surface area contributed by atoms with Crippen LogP contribution in [0.4, 0.5) is 0 Å². The summed E-state index contributed by atoms with van der Waals surface area (Å²) in [7, 11) is 3.98. The minimum atomic E-state index is 0.376. The number of hydrogen-bond donors (Lipinski definition) is 1. The smallest absolute Gasteiger partial charge is 0.105 e. The van der Waals surface area contributed by atoms with E-state index in [1.54, 1.807) is 0 Å². The Morgan fingerprint density at radius 3 is 2.64 bits per heavy atom. The largest absolute Gasteiger partial charge is 0.334 e. The second-order valence-corrected chi connectivity index (χ2v) is 2.80. The maximum Gasteiger partial charge on any atom is 0.105 e.